The minimum Gasteiger partial charge on any atom is -0.448 e. The van der Waals surface area contributed by atoms with Gasteiger partial charge in [-0.15, -0.1) is 0 Å². The average molecular weight is 366 g/mol. The van der Waals surface area contributed by atoms with Crippen LogP contribution in [0.5, 0.6) is 11.5 Å². The third-order valence-electron chi connectivity index (χ3n) is 4.98. The number of hydrogen-bond donors (Lipinski definition) is 2. The van der Waals surface area contributed by atoms with Crippen LogP contribution in [0.25, 0.3) is 0 Å². The van der Waals surface area contributed by atoms with Crippen LogP contribution in [0, 0.1) is 6.92 Å². The number of carbonyl (C=O) groups excluding carboxylic acids is 2. The summed E-state index contributed by atoms with van der Waals surface area (Å²) in [6.07, 6.45) is 3.96. The molecule has 1 aliphatic carbocycles. The highest BCUT2D eigenvalue weighted by atomic mass is 16.7. The monoisotopic (exact) mass is 366 g/mol. The largest absolute Gasteiger partial charge is 0.448 e. The van der Waals surface area contributed by atoms with Gasteiger partial charge in [-0.25, -0.2) is 0 Å². The number of nitrogens with one attached hydrogen (secondary N) is 2. The van der Waals surface area contributed by atoms with Gasteiger partial charge in [-0.3, -0.25) is 9.59 Å². The Morgan fingerprint density at radius 2 is 1.78 bits per heavy atom. The molecule has 1 saturated carbocycles. The van der Waals surface area contributed by atoms with E-state index in [1.165, 1.54) is 0 Å². The summed E-state index contributed by atoms with van der Waals surface area (Å²) in [5, 5.41) is 5.43. The van der Waals surface area contributed by atoms with Gasteiger partial charge in [-0.1, -0.05) is 18.2 Å². The highest BCUT2D eigenvalue weighted by Gasteiger charge is 2.44. The molecule has 0 atom stereocenters. The van der Waals surface area contributed by atoms with Crippen molar-refractivity contribution in [3.63, 3.8) is 0 Å². The second-order valence-corrected chi connectivity index (χ2v) is 7.03. The Bertz CT molecular complexity index is 888. The fourth-order valence-electron chi connectivity index (χ4n) is 3.58. The Hall–Kier alpha value is -3.02. The Kier molecular flexibility index (Phi) is 4.48. The maximum absolute atomic E-state index is 12.2. The molecule has 2 aromatic rings. The highest BCUT2D eigenvalue weighted by Crippen LogP contribution is 2.47. The molecule has 0 unspecified atom stereocenters. The molecule has 0 radical (unpaired) electrons. The minimum atomic E-state index is -0.521. The molecule has 2 N–H and O–H groups in total. The van der Waals surface area contributed by atoms with Crippen LogP contribution in [0.15, 0.2) is 42.5 Å². The smallest absolute Gasteiger partial charge is 0.251 e. The molecule has 2 aromatic carbocycles. The van der Waals surface area contributed by atoms with Crippen LogP contribution in [-0.2, 0) is 4.79 Å². The summed E-state index contributed by atoms with van der Waals surface area (Å²) in [5.74, 6) is 0.275. The van der Waals surface area contributed by atoms with Crippen LogP contribution in [0.3, 0.4) is 0 Å². The van der Waals surface area contributed by atoms with Gasteiger partial charge < -0.3 is 20.1 Å². The van der Waals surface area contributed by atoms with Gasteiger partial charge in [0.1, 0.15) is 0 Å². The second-order valence-electron chi connectivity index (χ2n) is 7.03. The van der Waals surface area contributed by atoms with Gasteiger partial charge >= 0.3 is 0 Å². The molecule has 6 nitrogen and oxygen atoms in total. The molecule has 1 spiro atoms. The zero-order chi connectivity index (χ0) is 18.9. The lowest BCUT2D eigenvalue weighted by Crippen LogP contribution is -2.34. The lowest BCUT2D eigenvalue weighted by atomic mass is 10.1. The van der Waals surface area contributed by atoms with Crippen molar-refractivity contribution in [2.75, 3.05) is 11.9 Å². The summed E-state index contributed by atoms with van der Waals surface area (Å²) >= 11 is 0. The van der Waals surface area contributed by atoms with Crippen molar-refractivity contribution in [3.8, 4) is 11.5 Å². The number of ether oxygens (including phenoxy) is 2. The van der Waals surface area contributed by atoms with E-state index in [0.717, 1.165) is 31.2 Å². The normalized spacial score (nSPS) is 16.3. The number of amides is 2. The van der Waals surface area contributed by atoms with Crippen molar-refractivity contribution in [2.24, 2.45) is 0 Å². The average Bonchev–Trinajstić information content (AvgIpc) is 3.25. The molecule has 0 saturated heterocycles. The van der Waals surface area contributed by atoms with E-state index in [-0.39, 0.29) is 18.4 Å². The summed E-state index contributed by atoms with van der Waals surface area (Å²) in [4.78, 5) is 24.4. The van der Waals surface area contributed by atoms with Gasteiger partial charge in [0.25, 0.3) is 11.7 Å². The van der Waals surface area contributed by atoms with Crippen molar-refractivity contribution >= 4 is 17.5 Å². The zero-order valence-corrected chi connectivity index (χ0v) is 15.2. The van der Waals surface area contributed by atoms with Crippen molar-refractivity contribution in [1.29, 1.82) is 0 Å². The topological polar surface area (TPSA) is 76.7 Å². The van der Waals surface area contributed by atoms with Gasteiger partial charge in [0.05, 0.1) is 6.54 Å². The van der Waals surface area contributed by atoms with Crippen LogP contribution in [0.1, 0.15) is 41.6 Å². The Morgan fingerprint density at radius 1 is 1.04 bits per heavy atom. The zero-order valence-electron chi connectivity index (χ0n) is 15.2. The number of rotatable bonds is 4. The molecule has 4 rings (SSSR count). The van der Waals surface area contributed by atoms with Crippen molar-refractivity contribution in [1.82, 2.24) is 5.32 Å². The first-order valence-electron chi connectivity index (χ1n) is 9.20. The van der Waals surface area contributed by atoms with E-state index < -0.39 is 5.79 Å². The number of hydrogen-bond acceptors (Lipinski definition) is 4. The molecule has 1 fully saturated rings. The molecule has 2 aliphatic rings. The summed E-state index contributed by atoms with van der Waals surface area (Å²) < 4.78 is 12.0. The first-order valence-corrected chi connectivity index (χ1v) is 9.20. The lowest BCUT2D eigenvalue weighted by molar-refractivity contribution is -0.115. The van der Waals surface area contributed by atoms with Gasteiger partial charge in [-0.05, 0) is 43.5 Å². The van der Waals surface area contributed by atoms with Crippen molar-refractivity contribution in [3.05, 3.63) is 53.6 Å². The predicted octanol–water partition coefficient (Wildman–Crippen LogP) is 3.41. The maximum atomic E-state index is 12.2. The van der Waals surface area contributed by atoms with Gasteiger partial charge in [0.15, 0.2) is 11.5 Å². The molecule has 2 amide bonds. The van der Waals surface area contributed by atoms with Crippen LogP contribution in [0.4, 0.5) is 5.69 Å². The van der Waals surface area contributed by atoms with E-state index in [0.29, 0.717) is 22.7 Å². The molecule has 0 bridgehead atoms. The molecule has 0 aromatic heterocycles. The number of fused-ring (bicyclic) bond motifs is 1. The Labute approximate surface area is 157 Å². The highest BCUT2D eigenvalue weighted by molar-refractivity contribution is 6.00. The molecule has 1 aliphatic heterocycles. The number of anilines is 1. The molecular formula is C21H22N2O4. The standard InChI is InChI=1S/C21H22N2O4/c1-14-6-2-3-7-16(14)20(25)22-13-19(24)23-15-8-9-17-18(12-15)27-21(26-17)10-4-5-11-21/h2-3,6-9,12H,4-5,10-11,13H2,1H3,(H,22,25)(H,23,24). The van der Waals surface area contributed by atoms with E-state index in [4.69, 9.17) is 9.47 Å². The second kappa shape index (κ2) is 6.95. The molecule has 140 valence electrons. The lowest BCUT2D eigenvalue weighted by Gasteiger charge is -2.21. The third kappa shape index (κ3) is 3.60. The van der Waals surface area contributed by atoms with Crippen LogP contribution in [0.2, 0.25) is 0 Å². The summed E-state index contributed by atoms with van der Waals surface area (Å²) in [6.45, 7) is 1.75. The van der Waals surface area contributed by atoms with Crippen molar-refractivity contribution in [2.45, 2.75) is 38.4 Å². The van der Waals surface area contributed by atoms with Gasteiger partial charge in [0.2, 0.25) is 5.91 Å². The molecular weight excluding hydrogens is 344 g/mol. The quantitative estimate of drug-likeness (QED) is 0.869. The summed E-state index contributed by atoms with van der Waals surface area (Å²) in [6, 6.07) is 12.6. The first-order chi connectivity index (χ1) is 13.0. The Morgan fingerprint density at radius 3 is 2.56 bits per heavy atom. The van der Waals surface area contributed by atoms with E-state index >= 15 is 0 Å². The predicted molar refractivity (Wildman–Crippen MR) is 101 cm³/mol. The van der Waals surface area contributed by atoms with Crippen LogP contribution >= 0.6 is 0 Å². The fourth-order valence-corrected chi connectivity index (χ4v) is 3.58. The van der Waals surface area contributed by atoms with Crippen LogP contribution < -0.4 is 20.1 Å². The summed E-state index contributed by atoms with van der Waals surface area (Å²) in [7, 11) is 0. The van der Waals surface area contributed by atoms with E-state index in [9.17, 15) is 9.59 Å². The third-order valence-corrected chi connectivity index (χ3v) is 4.98. The van der Waals surface area contributed by atoms with Crippen molar-refractivity contribution < 1.29 is 19.1 Å². The molecule has 6 heteroatoms. The minimum absolute atomic E-state index is 0.106. The molecule has 27 heavy (non-hydrogen) atoms. The van der Waals surface area contributed by atoms with Gasteiger partial charge in [-0.2, -0.15) is 0 Å². The fraction of sp³-hybridized carbons (Fsp3) is 0.333. The molecule has 1 heterocycles. The van der Waals surface area contributed by atoms with E-state index in [1.807, 2.05) is 25.1 Å². The SMILES string of the molecule is Cc1ccccc1C(=O)NCC(=O)Nc1ccc2c(c1)OC1(CCCC1)O2. The Balaban J connectivity index is 1.34. The number of aryl methyl sites for hydroxylation is 1. The van der Waals surface area contributed by atoms with Gasteiger partial charge in [0, 0.05) is 30.2 Å². The van der Waals surface area contributed by atoms with E-state index in [2.05, 4.69) is 10.6 Å². The van der Waals surface area contributed by atoms with Crippen LogP contribution in [-0.4, -0.2) is 24.1 Å². The van der Waals surface area contributed by atoms with E-state index in [1.54, 1.807) is 24.3 Å². The maximum Gasteiger partial charge on any atom is 0.251 e. The summed E-state index contributed by atoms with van der Waals surface area (Å²) in [5.41, 5.74) is 2.05. The number of carbonyl (C=O) groups is 2. The number of benzene rings is 2. The first kappa shape index (κ1) is 17.4.